The maximum atomic E-state index is 12.7. The van der Waals surface area contributed by atoms with Crippen LogP contribution >= 0.6 is 11.8 Å². The Bertz CT molecular complexity index is 1010. The van der Waals surface area contributed by atoms with Gasteiger partial charge in [0, 0.05) is 28.5 Å². The fraction of sp³-hybridized carbons (Fsp3) is 0.182. The second-order valence-corrected chi connectivity index (χ2v) is 7.43. The number of Topliss-reactive ketones (excluding diaryl/α,β-unsaturated/α-hetero) is 1. The lowest BCUT2D eigenvalue weighted by Crippen LogP contribution is -2.16. The molecule has 0 radical (unpaired) electrons. The van der Waals surface area contributed by atoms with E-state index in [-0.39, 0.29) is 5.78 Å². The van der Waals surface area contributed by atoms with Gasteiger partial charge in [0.15, 0.2) is 5.78 Å². The van der Waals surface area contributed by atoms with Gasteiger partial charge in [-0.2, -0.15) is 0 Å². The summed E-state index contributed by atoms with van der Waals surface area (Å²) in [5, 5.41) is 1.83. The molecule has 0 saturated heterocycles. The van der Waals surface area contributed by atoms with Crippen LogP contribution in [0.25, 0.3) is 10.8 Å². The van der Waals surface area contributed by atoms with Crippen molar-refractivity contribution in [2.75, 3.05) is 0 Å². The number of hydrogen-bond acceptors (Lipinski definition) is 4. The number of ether oxygens (including phenoxy) is 1. The molecule has 0 atom stereocenters. The van der Waals surface area contributed by atoms with Crippen molar-refractivity contribution in [2.45, 2.75) is 36.0 Å². The van der Waals surface area contributed by atoms with Crippen molar-refractivity contribution >= 4 is 34.3 Å². The van der Waals surface area contributed by atoms with E-state index in [2.05, 4.69) is 12.1 Å². The molecule has 0 amide bonds. The summed E-state index contributed by atoms with van der Waals surface area (Å²) in [6.45, 7) is 1.38. The van der Waals surface area contributed by atoms with E-state index in [1.807, 2.05) is 42.5 Å². The van der Waals surface area contributed by atoms with Crippen molar-refractivity contribution in [1.29, 1.82) is 0 Å². The summed E-state index contributed by atoms with van der Waals surface area (Å²) in [4.78, 5) is 26.6. The van der Waals surface area contributed by atoms with Crippen LogP contribution in [0.15, 0.2) is 64.4 Å². The molecule has 3 aromatic carbocycles. The van der Waals surface area contributed by atoms with E-state index in [9.17, 15) is 9.59 Å². The van der Waals surface area contributed by atoms with Gasteiger partial charge in [0.2, 0.25) is 0 Å². The molecule has 0 unspecified atom stereocenters. The van der Waals surface area contributed by atoms with Crippen LogP contribution in [0.2, 0.25) is 0 Å². The number of carbonyl (C=O) groups excluding carboxylic acids is 2. The van der Waals surface area contributed by atoms with Gasteiger partial charge in [-0.1, -0.05) is 54.2 Å². The summed E-state index contributed by atoms with van der Waals surface area (Å²) < 4.78 is 5.53. The van der Waals surface area contributed by atoms with Crippen molar-refractivity contribution in [3.63, 3.8) is 0 Å². The molecule has 26 heavy (non-hydrogen) atoms. The highest BCUT2D eigenvalue weighted by Crippen LogP contribution is 2.45. The molecule has 0 saturated carbocycles. The first-order chi connectivity index (χ1) is 12.6. The standard InChI is InChI=1S/C22H18O3S/c1-14(23)25-21-16-10-5-6-11-17(16)22(26-15-8-3-2-4-9-15)18-12-7-13-19(24)20(18)21/h2-6,8-11H,7,12-13H2,1H3. The zero-order valence-corrected chi connectivity index (χ0v) is 15.3. The third kappa shape index (κ3) is 3.01. The van der Waals surface area contributed by atoms with Crippen LogP contribution < -0.4 is 4.74 Å². The lowest BCUT2D eigenvalue weighted by Gasteiger charge is -2.23. The van der Waals surface area contributed by atoms with Crippen molar-refractivity contribution < 1.29 is 14.3 Å². The third-order valence-corrected chi connectivity index (χ3v) is 5.72. The number of ketones is 1. The fourth-order valence-corrected chi connectivity index (χ4v) is 4.63. The highest BCUT2D eigenvalue weighted by Gasteiger charge is 2.28. The highest BCUT2D eigenvalue weighted by atomic mass is 32.2. The normalized spacial score (nSPS) is 13.5. The third-order valence-electron chi connectivity index (χ3n) is 4.54. The van der Waals surface area contributed by atoms with Crippen LogP contribution in [0, 0.1) is 0 Å². The van der Waals surface area contributed by atoms with Crippen LogP contribution in [0.5, 0.6) is 5.75 Å². The zero-order valence-electron chi connectivity index (χ0n) is 14.5. The maximum Gasteiger partial charge on any atom is 0.308 e. The molecule has 0 fully saturated rings. The molecule has 4 heteroatoms. The van der Waals surface area contributed by atoms with Gasteiger partial charge in [0.1, 0.15) is 5.75 Å². The smallest absolute Gasteiger partial charge is 0.308 e. The van der Waals surface area contributed by atoms with Gasteiger partial charge in [0.25, 0.3) is 0 Å². The summed E-state index contributed by atoms with van der Waals surface area (Å²) in [5.74, 6) is 0.0764. The van der Waals surface area contributed by atoms with E-state index < -0.39 is 5.97 Å². The molecule has 1 aliphatic carbocycles. The molecule has 0 heterocycles. The van der Waals surface area contributed by atoms with E-state index in [4.69, 9.17) is 4.74 Å². The number of benzene rings is 3. The van der Waals surface area contributed by atoms with E-state index in [0.29, 0.717) is 17.7 Å². The molecule has 4 rings (SSSR count). The Morgan fingerprint density at radius 1 is 0.962 bits per heavy atom. The summed E-state index contributed by atoms with van der Waals surface area (Å²) in [6.07, 6.45) is 2.14. The number of fused-ring (bicyclic) bond motifs is 2. The van der Waals surface area contributed by atoms with Crippen molar-refractivity contribution in [3.05, 3.63) is 65.7 Å². The number of rotatable bonds is 3. The fourth-order valence-electron chi connectivity index (χ4n) is 3.48. The lowest BCUT2D eigenvalue weighted by molar-refractivity contribution is -0.131. The Kier molecular flexibility index (Phi) is 4.51. The molecular formula is C22H18O3S. The molecule has 1 aliphatic rings. The number of esters is 1. The van der Waals surface area contributed by atoms with E-state index in [0.717, 1.165) is 39.0 Å². The second kappa shape index (κ2) is 6.96. The monoisotopic (exact) mass is 362 g/mol. The molecule has 0 spiro atoms. The molecule has 0 aromatic heterocycles. The van der Waals surface area contributed by atoms with Crippen molar-refractivity contribution in [3.8, 4) is 5.75 Å². The minimum absolute atomic E-state index is 0.0585. The second-order valence-electron chi connectivity index (χ2n) is 6.34. The topological polar surface area (TPSA) is 43.4 Å². The Balaban J connectivity index is 2.02. The maximum absolute atomic E-state index is 12.7. The largest absolute Gasteiger partial charge is 0.425 e. The van der Waals surface area contributed by atoms with Crippen LogP contribution in [0.3, 0.4) is 0 Å². The van der Waals surface area contributed by atoms with Crippen LogP contribution in [-0.4, -0.2) is 11.8 Å². The van der Waals surface area contributed by atoms with E-state index in [1.165, 1.54) is 6.92 Å². The van der Waals surface area contributed by atoms with E-state index in [1.54, 1.807) is 11.8 Å². The van der Waals surface area contributed by atoms with Gasteiger partial charge in [-0.3, -0.25) is 9.59 Å². The van der Waals surface area contributed by atoms with Crippen molar-refractivity contribution in [1.82, 2.24) is 0 Å². The minimum atomic E-state index is -0.404. The first-order valence-electron chi connectivity index (χ1n) is 8.67. The van der Waals surface area contributed by atoms with Gasteiger partial charge in [-0.25, -0.2) is 0 Å². The van der Waals surface area contributed by atoms with Gasteiger partial charge in [0.05, 0.1) is 5.56 Å². The molecule has 3 aromatic rings. The van der Waals surface area contributed by atoms with Crippen LogP contribution in [-0.2, 0) is 11.2 Å². The zero-order chi connectivity index (χ0) is 18.1. The summed E-state index contributed by atoms with van der Waals surface area (Å²) in [5.41, 5.74) is 1.59. The van der Waals surface area contributed by atoms with Gasteiger partial charge in [-0.15, -0.1) is 0 Å². The quantitative estimate of drug-likeness (QED) is 0.460. The predicted molar refractivity (Wildman–Crippen MR) is 103 cm³/mol. The molecular weight excluding hydrogens is 344 g/mol. The Hall–Kier alpha value is -2.59. The van der Waals surface area contributed by atoms with E-state index >= 15 is 0 Å². The summed E-state index contributed by atoms with van der Waals surface area (Å²) in [7, 11) is 0. The average molecular weight is 362 g/mol. The molecule has 0 aliphatic heterocycles. The van der Waals surface area contributed by atoms with Gasteiger partial charge < -0.3 is 4.74 Å². The summed E-state index contributed by atoms with van der Waals surface area (Å²) >= 11 is 1.67. The average Bonchev–Trinajstić information content (AvgIpc) is 2.65. The lowest BCUT2D eigenvalue weighted by atomic mass is 9.87. The molecule has 0 bridgehead atoms. The van der Waals surface area contributed by atoms with Crippen LogP contribution in [0.1, 0.15) is 35.7 Å². The number of carbonyl (C=O) groups is 2. The highest BCUT2D eigenvalue weighted by molar-refractivity contribution is 7.99. The Morgan fingerprint density at radius 2 is 1.65 bits per heavy atom. The Labute approximate surface area is 156 Å². The number of hydrogen-bond donors (Lipinski definition) is 0. The Morgan fingerprint density at radius 3 is 2.38 bits per heavy atom. The molecule has 130 valence electrons. The van der Waals surface area contributed by atoms with Crippen LogP contribution in [0.4, 0.5) is 0 Å². The van der Waals surface area contributed by atoms with Gasteiger partial charge in [-0.05, 0) is 35.9 Å². The van der Waals surface area contributed by atoms with Crippen molar-refractivity contribution in [2.24, 2.45) is 0 Å². The molecule has 0 N–H and O–H groups in total. The summed E-state index contributed by atoms with van der Waals surface area (Å²) in [6, 6.07) is 18.0. The molecule has 3 nitrogen and oxygen atoms in total. The SMILES string of the molecule is CC(=O)Oc1c2c(c(Sc3ccccc3)c3ccccc13)CCCC2=O. The first kappa shape index (κ1) is 16.9. The first-order valence-corrected chi connectivity index (χ1v) is 9.49. The van der Waals surface area contributed by atoms with Gasteiger partial charge >= 0.3 is 5.97 Å². The predicted octanol–water partition coefficient (Wildman–Crippen LogP) is 5.44. The minimum Gasteiger partial charge on any atom is -0.425 e.